The van der Waals surface area contributed by atoms with Gasteiger partial charge in [-0.05, 0) is 30.7 Å². The van der Waals surface area contributed by atoms with Crippen molar-refractivity contribution in [3.05, 3.63) is 77.0 Å². The largest absolute Gasteiger partial charge is 0.477 e. The normalized spacial score (nSPS) is 19.7. The third kappa shape index (κ3) is 4.11. The van der Waals surface area contributed by atoms with E-state index in [9.17, 15) is 24.3 Å². The number of thioether (sulfide) groups is 1. The molecule has 0 spiro atoms. The first kappa shape index (κ1) is 21.6. The van der Waals surface area contributed by atoms with Gasteiger partial charge in [0.1, 0.15) is 22.9 Å². The highest BCUT2D eigenvalue weighted by molar-refractivity contribution is 8.00. The van der Waals surface area contributed by atoms with Crippen LogP contribution in [0.1, 0.15) is 22.8 Å². The SMILES string of the molecule is CC1=C(C(=O)O)N2C(=O)C(NC(=O)Cc3ccccc3OC(=O)c3ccccc3)[C@H]2SC1. The van der Waals surface area contributed by atoms with Crippen molar-refractivity contribution in [2.45, 2.75) is 24.8 Å². The van der Waals surface area contributed by atoms with Gasteiger partial charge in [-0.25, -0.2) is 9.59 Å². The quantitative estimate of drug-likeness (QED) is 0.392. The monoisotopic (exact) mass is 452 g/mol. The second kappa shape index (κ2) is 8.88. The minimum atomic E-state index is -1.15. The molecule has 2 amide bonds. The molecule has 2 N–H and O–H groups in total. The number of nitrogens with zero attached hydrogens (tertiary/aromatic N) is 1. The summed E-state index contributed by atoms with van der Waals surface area (Å²) >= 11 is 1.41. The third-order valence-electron chi connectivity index (χ3n) is 5.21. The van der Waals surface area contributed by atoms with Gasteiger partial charge in [-0.15, -0.1) is 11.8 Å². The number of ether oxygens (including phenoxy) is 1. The van der Waals surface area contributed by atoms with E-state index >= 15 is 0 Å². The van der Waals surface area contributed by atoms with Crippen LogP contribution < -0.4 is 10.1 Å². The van der Waals surface area contributed by atoms with Gasteiger partial charge in [-0.2, -0.15) is 0 Å². The van der Waals surface area contributed by atoms with E-state index < -0.39 is 35.2 Å². The zero-order chi connectivity index (χ0) is 22.8. The molecular weight excluding hydrogens is 432 g/mol. The third-order valence-corrected chi connectivity index (χ3v) is 6.64. The lowest BCUT2D eigenvalue weighted by atomic mass is 10.0. The summed E-state index contributed by atoms with van der Waals surface area (Å²) in [6, 6.07) is 14.4. The summed E-state index contributed by atoms with van der Waals surface area (Å²) in [5, 5.41) is 11.6. The van der Waals surface area contributed by atoms with E-state index in [2.05, 4.69) is 5.32 Å². The van der Waals surface area contributed by atoms with Crippen molar-refractivity contribution >= 4 is 35.5 Å². The maximum Gasteiger partial charge on any atom is 0.352 e. The van der Waals surface area contributed by atoms with Crippen LogP contribution in [0.4, 0.5) is 0 Å². The van der Waals surface area contributed by atoms with Crippen LogP contribution in [0.15, 0.2) is 65.9 Å². The van der Waals surface area contributed by atoms with Crippen LogP contribution in [0.5, 0.6) is 5.75 Å². The highest BCUT2D eigenvalue weighted by atomic mass is 32.2. The summed E-state index contributed by atoms with van der Waals surface area (Å²) in [7, 11) is 0. The molecule has 0 bridgehead atoms. The Bertz CT molecular complexity index is 1130. The van der Waals surface area contributed by atoms with Crippen molar-refractivity contribution in [2.24, 2.45) is 0 Å². The van der Waals surface area contributed by atoms with E-state index in [0.29, 0.717) is 22.5 Å². The van der Waals surface area contributed by atoms with Crippen molar-refractivity contribution in [2.75, 3.05) is 5.75 Å². The molecule has 2 heterocycles. The number of carboxylic acids is 1. The Kier molecular flexibility index (Phi) is 6.00. The second-order valence-corrected chi connectivity index (χ2v) is 8.53. The summed E-state index contributed by atoms with van der Waals surface area (Å²) < 4.78 is 5.47. The van der Waals surface area contributed by atoms with Gasteiger partial charge in [-0.3, -0.25) is 14.5 Å². The Morgan fingerprint density at radius 2 is 1.81 bits per heavy atom. The Morgan fingerprint density at radius 3 is 2.53 bits per heavy atom. The lowest BCUT2D eigenvalue weighted by Gasteiger charge is -2.49. The lowest BCUT2D eigenvalue weighted by molar-refractivity contribution is -0.150. The number of β-lactam (4-membered cyclic amide) rings is 1. The van der Waals surface area contributed by atoms with Crippen LogP contribution >= 0.6 is 11.8 Å². The zero-order valence-corrected chi connectivity index (χ0v) is 17.9. The van der Waals surface area contributed by atoms with E-state index in [1.807, 2.05) is 0 Å². The van der Waals surface area contributed by atoms with Crippen LogP contribution in [0.25, 0.3) is 0 Å². The maximum atomic E-state index is 12.7. The maximum absolute atomic E-state index is 12.7. The van der Waals surface area contributed by atoms with Crippen LogP contribution in [0.3, 0.4) is 0 Å². The fraction of sp³-hybridized carbons (Fsp3) is 0.217. The molecule has 0 aliphatic carbocycles. The summed E-state index contributed by atoms with van der Waals surface area (Å²) in [4.78, 5) is 50.3. The second-order valence-electron chi connectivity index (χ2n) is 7.43. The van der Waals surface area contributed by atoms with Crippen molar-refractivity contribution in [1.82, 2.24) is 10.2 Å². The number of aliphatic carboxylic acids is 1. The molecule has 8 nitrogen and oxygen atoms in total. The molecule has 9 heteroatoms. The molecule has 0 radical (unpaired) electrons. The van der Waals surface area contributed by atoms with E-state index in [-0.39, 0.29) is 17.9 Å². The number of fused-ring (bicyclic) bond motifs is 1. The van der Waals surface area contributed by atoms with Gasteiger partial charge in [0.15, 0.2) is 0 Å². The number of carbonyl (C=O) groups is 4. The number of carbonyl (C=O) groups excluding carboxylic acids is 3. The van der Waals surface area contributed by atoms with Crippen molar-refractivity contribution in [3.8, 4) is 5.75 Å². The topological polar surface area (TPSA) is 113 Å². The first-order valence-electron chi connectivity index (χ1n) is 9.89. The minimum Gasteiger partial charge on any atom is -0.477 e. The highest BCUT2D eigenvalue weighted by Gasteiger charge is 2.53. The van der Waals surface area contributed by atoms with E-state index in [1.165, 1.54) is 16.7 Å². The molecule has 4 rings (SSSR count). The fourth-order valence-corrected chi connectivity index (χ4v) is 4.95. The molecule has 2 aliphatic heterocycles. The summed E-state index contributed by atoms with van der Waals surface area (Å²) in [6.07, 6.45) is -0.0972. The van der Waals surface area contributed by atoms with Gasteiger partial charge < -0.3 is 15.2 Å². The molecule has 2 atom stereocenters. The number of para-hydroxylation sites is 1. The first-order chi connectivity index (χ1) is 15.4. The first-order valence-corrected chi connectivity index (χ1v) is 10.9. The standard InChI is InChI=1S/C23H20N2O6S/c1-13-12-32-21-18(20(27)25(21)19(13)22(28)29)24-17(26)11-15-9-5-6-10-16(15)31-23(30)14-7-3-2-4-8-14/h2-10,18,21H,11-12H2,1H3,(H,24,26)(H,28,29)/t18?,21-/m1/s1. The van der Waals surface area contributed by atoms with Crippen molar-refractivity contribution in [1.29, 1.82) is 0 Å². The van der Waals surface area contributed by atoms with Crippen molar-refractivity contribution in [3.63, 3.8) is 0 Å². The Hall–Kier alpha value is -3.59. The van der Waals surface area contributed by atoms with E-state index in [0.717, 1.165) is 0 Å². The van der Waals surface area contributed by atoms with Gasteiger partial charge >= 0.3 is 11.9 Å². The number of carboxylic acid groups (broad SMARTS) is 1. The van der Waals surface area contributed by atoms with Gasteiger partial charge in [0.05, 0.1) is 12.0 Å². The zero-order valence-electron chi connectivity index (χ0n) is 17.1. The molecule has 32 heavy (non-hydrogen) atoms. The summed E-state index contributed by atoms with van der Waals surface area (Å²) in [6.45, 7) is 1.68. The highest BCUT2D eigenvalue weighted by Crippen LogP contribution is 2.40. The van der Waals surface area contributed by atoms with Gasteiger partial charge in [0.25, 0.3) is 5.91 Å². The summed E-state index contributed by atoms with van der Waals surface area (Å²) in [5.41, 5.74) is 1.49. The molecule has 1 saturated heterocycles. The minimum absolute atomic E-state index is 0.0116. The number of rotatable bonds is 6. The Labute approximate surface area is 188 Å². The van der Waals surface area contributed by atoms with Crippen LogP contribution in [0, 0.1) is 0 Å². The van der Waals surface area contributed by atoms with Crippen molar-refractivity contribution < 1.29 is 29.0 Å². The molecule has 1 fully saturated rings. The average Bonchev–Trinajstić information content (AvgIpc) is 2.79. The van der Waals surface area contributed by atoms with Crippen LogP contribution in [-0.4, -0.2) is 50.9 Å². The van der Waals surface area contributed by atoms with E-state index in [4.69, 9.17) is 4.74 Å². The number of amides is 2. The number of hydrogen-bond acceptors (Lipinski definition) is 6. The number of hydrogen-bond donors (Lipinski definition) is 2. The van der Waals surface area contributed by atoms with Gasteiger partial charge in [-0.1, -0.05) is 36.4 Å². The predicted octanol–water partition coefficient (Wildman–Crippen LogP) is 2.21. The molecule has 2 aliphatic rings. The average molecular weight is 452 g/mol. The van der Waals surface area contributed by atoms with E-state index in [1.54, 1.807) is 61.5 Å². The van der Waals surface area contributed by atoms with Gasteiger partial charge in [0, 0.05) is 11.3 Å². The Balaban J connectivity index is 1.42. The number of nitrogens with one attached hydrogen (secondary N) is 1. The predicted molar refractivity (Wildman–Crippen MR) is 117 cm³/mol. The fourth-order valence-electron chi connectivity index (χ4n) is 3.66. The molecular formula is C23H20N2O6S. The Morgan fingerprint density at radius 1 is 1.12 bits per heavy atom. The smallest absolute Gasteiger partial charge is 0.352 e. The molecule has 0 saturated carbocycles. The number of esters is 1. The van der Waals surface area contributed by atoms with Crippen LogP contribution in [0.2, 0.25) is 0 Å². The molecule has 2 aromatic carbocycles. The lowest BCUT2D eigenvalue weighted by Crippen LogP contribution is -2.70. The summed E-state index contributed by atoms with van der Waals surface area (Å²) in [5.74, 6) is -1.83. The molecule has 164 valence electrons. The molecule has 0 aromatic heterocycles. The van der Waals surface area contributed by atoms with Crippen LogP contribution in [-0.2, 0) is 20.8 Å². The number of benzene rings is 2. The molecule has 1 unspecified atom stereocenters. The van der Waals surface area contributed by atoms with Gasteiger partial charge in [0.2, 0.25) is 5.91 Å². The molecule has 2 aromatic rings.